The molecule has 1 heterocycles. The van der Waals surface area contributed by atoms with E-state index < -0.39 is 23.1 Å². The van der Waals surface area contributed by atoms with Crippen LogP contribution in [0, 0.1) is 11.6 Å². The van der Waals surface area contributed by atoms with Crippen LogP contribution in [-0.4, -0.2) is 17.1 Å². The summed E-state index contributed by atoms with van der Waals surface area (Å²) in [6.45, 7) is 5.10. The van der Waals surface area contributed by atoms with Gasteiger partial charge in [0.05, 0.1) is 16.8 Å². The molecule has 0 N–H and O–H groups in total. The maximum Gasteiger partial charge on any atom is 0.285 e. The van der Waals surface area contributed by atoms with Crippen molar-refractivity contribution in [1.29, 1.82) is 0 Å². The number of aryl methyl sites for hydroxylation is 1. The number of hydrogen-bond acceptors (Lipinski definition) is 3. The Kier molecular flexibility index (Phi) is 5.46. The molecule has 0 radical (unpaired) electrons. The quantitative estimate of drug-likeness (QED) is 0.657. The molecule has 3 aromatic rings. The second-order valence-electron chi connectivity index (χ2n) is 5.61. The second kappa shape index (κ2) is 7.78. The van der Waals surface area contributed by atoms with Crippen molar-refractivity contribution in [3.63, 3.8) is 0 Å². The smallest absolute Gasteiger partial charge is 0.285 e. The van der Waals surface area contributed by atoms with Crippen LogP contribution < -0.4 is 9.54 Å². The lowest BCUT2D eigenvalue weighted by atomic mass is 10.2. The van der Waals surface area contributed by atoms with Crippen LogP contribution in [0.3, 0.4) is 0 Å². The predicted octanol–water partition coefficient (Wildman–Crippen LogP) is 4.53. The number of amides is 1. The van der Waals surface area contributed by atoms with E-state index in [2.05, 4.69) is 4.99 Å². The van der Waals surface area contributed by atoms with Gasteiger partial charge in [0.25, 0.3) is 5.91 Å². The number of nitrogens with zero attached hydrogens (tertiary/aromatic N) is 2. The number of fused-ring (bicyclic) bond motifs is 1. The van der Waals surface area contributed by atoms with Crippen LogP contribution in [-0.2, 0) is 6.54 Å². The molecule has 0 spiro atoms. The van der Waals surface area contributed by atoms with E-state index in [0.717, 1.165) is 34.5 Å². The normalized spacial score (nSPS) is 11.9. The summed E-state index contributed by atoms with van der Waals surface area (Å²) in [7, 11) is 0. The Hall–Kier alpha value is -2.54. The number of benzene rings is 2. The van der Waals surface area contributed by atoms with Crippen molar-refractivity contribution in [3.8, 4) is 5.75 Å². The molecule has 4 nitrogen and oxygen atoms in total. The van der Waals surface area contributed by atoms with Crippen LogP contribution in [0.2, 0.25) is 0 Å². The average molecular weight is 376 g/mol. The molecular weight excluding hydrogens is 358 g/mol. The highest BCUT2D eigenvalue weighted by Crippen LogP contribution is 2.24. The van der Waals surface area contributed by atoms with Crippen molar-refractivity contribution in [1.82, 2.24) is 4.57 Å². The largest absolute Gasteiger partial charge is 0.494 e. The molecule has 3 rings (SSSR count). The van der Waals surface area contributed by atoms with Crippen LogP contribution in [0.1, 0.15) is 30.6 Å². The van der Waals surface area contributed by atoms with Gasteiger partial charge in [0.15, 0.2) is 4.80 Å². The summed E-state index contributed by atoms with van der Waals surface area (Å²) in [5, 5.41) is 0. The third-order valence-corrected chi connectivity index (χ3v) is 4.83. The fraction of sp³-hybridized carbons (Fsp3) is 0.263. The molecule has 26 heavy (non-hydrogen) atoms. The lowest BCUT2D eigenvalue weighted by Gasteiger charge is -2.05. The molecule has 2 aromatic carbocycles. The molecule has 0 bridgehead atoms. The van der Waals surface area contributed by atoms with Crippen LogP contribution in [0.5, 0.6) is 5.75 Å². The van der Waals surface area contributed by atoms with Crippen molar-refractivity contribution >= 4 is 27.5 Å². The van der Waals surface area contributed by atoms with Crippen molar-refractivity contribution in [2.75, 3.05) is 6.61 Å². The standard InChI is InChI=1S/C19H18F2N2O2S/c1-3-10-23-15-9-8-12(25-4-2)11-16(15)26-19(23)22-18(24)17-13(20)6-5-7-14(17)21/h5-9,11H,3-4,10H2,1-2H3. The van der Waals surface area contributed by atoms with Crippen molar-refractivity contribution in [3.05, 3.63) is 58.4 Å². The fourth-order valence-corrected chi connectivity index (χ4v) is 3.76. The van der Waals surface area contributed by atoms with E-state index in [-0.39, 0.29) is 0 Å². The number of aromatic nitrogens is 1. The molecule has 0 aliphatic heterocycles. The summed E-state index contributed by atoms with van der Waals surface area (Å²) < 4.78 is 36.0. The molecule has 0 saturated heterocycles. The summed E-state index contributed by atoms with van der Waals surface area (Å²) in [4.78, 5) is 16.8. The summed E-state index contributed by atoms with van der Waals surface area (Å²) >= 11 is 1.29. The van der Waals surface area contributed by atoms with Crippen LogP contribution in [0.25, 0.3) is 10.2 Å². The Bertz CT molecular complexity index is 1000. The third-order valence-electron chi connectivity index (χ3n) is 3.79. The Labute approximate surface area is 153 Å². The molecule has 7 heteroatoms. The maximum atomic E-state index is 13.9. The first kappa shape index (κ1) is 18.3. The molecule has 1 amide bonds. The molecule has 136 valence electrons. The zero-order valence-electron chi connectivity index (χ0n) is 14.5. The first-order valence-corrected chi connectivity index (χ1v) is 9.16. The van der Waals surface area contributed by atoms with E-state index in [1.807, 2.05) is 36.6 Å². The van der Waals surface area contributed by atoms with Crippen molar-refractivity contribution in [2.24, 2.45) is 4.99 Å². The zero-order valence-corrected chi connectivity index (χ0v) is 15.3. The Morgan fingerprint density at radius 3 is 2.58 bits per heavy atom. The summed E-state index contributed by atoms with van der Waals surface area (Å²) in [5.41, 5.74) is 0.267. The number of hydrogen-bond donors (Lipinski definition) is 0. The predicted molar refractivity (Wildman–Crippen MR) is 97.5 cm³/mol. The van der Waals surface area contributed by atoms with Gasteiger partial charge >= 0.3 is 0 Å². The van der Waals surface area contributed by atoms with Gasteiger partial charge < -0.3 is 9.30 Å². The highest BCUT2D eigenvalue weighted by Gasteiger charge is 2.17. The topological polar surface area (TPSA) is 43.6 Å². The first-order chi connectivity index (χ1) is 12.5. The minimum absolute atomic E-state index is 0.406. The molecule has 0 aliphatic carbocycles. The number of halogens is 2. The first-order valence-electron chi connectivity index (χ1n) is 8.34. The van der Waals surface area contributed by atoms with Gasteiger partial charge in [0.2, 0.25) is 0 Å². The summed E-state index contributed by atoms with van der Waals surface area (Å²) in [6, 6.07) is 8.94. The Balaban J connectivity index is 2.14. The van der Waals surface area contributed by atoms with E-state index >= 15 is 0 Å². The van der Waals surface area contributed by atoms with E-state index in [4.69, 9.17) is 4.74 Å². The Morgan fingerprint density at radius 2 is 1.92 bits per heavy atom. The van der Waals surface area contributed by atoms with E-state index in [1.54, 1.807) is 0 Å². The minimum atomic E-state index is -0.929. The van der Waals surface area contributed by atoms with Gasteiger partial charge in [-0.25, -0.2) is 8.78 Å². The lowest BCUT2D eigenvalue weighted by Crippen LogP contribution is -2.17. The fourth-order valence-electron chi connectivity index (χ4n) is 2.68. The van der Waals surface area contributed by atoms with Gasteiger partial charge in [-0.05, 0) is 43.7 Å². The van der Waals surface area contributed by atoms with E-state index in [0.29, 0.717) is 18.0 Å². The minimum Gasteiger partial charge on any atom is -0.494 e. The number of thiazole rings is 1. The summed E-state index contributed by atoms with van der Waals surface area (Å²) in [6.07, 6.45) is 0.828. The number of rotatable bonds is 5. The molecule has 0 aliphatic rings. The molecule has 0 saturated carbocycles. The van der Waals surface area contributed by atoms with E-state index in [9.17, 15) is 13.6 Å². The van der Waals surface area contributed by atoms with Crippen LogP contribution in [0.15, 0.2) is 41.4 Å². The lowest BCUT2D eigenvalue weighted by molar-refractivity contribution is 0.0990. The number of carbonyl (C=O) groups is 1. The summed E-state index contributed by atoms with van der Waals surface area (Å²) in [5.74, 6) is -2.04. The monoisotopic (exact) mass is 376 g/mol. The van der Waals surface area contributed by atoms with Crippen LogP contribution in [0.4, 0.5) is 8.78 Å². The highest BCUT2D eigenvalue weighted by atomic mass is 32.1. The molecule has 0 atom stereocenters. The molecular formula is C19H18F2N2O2S. The van der Waals surface area contributed by atoms with Gasteiger partial charge in [0, 0.05) is 6.54 Å². The van der Waals surface area contributed by atoms with Gasteiger partial charge in [-0.15, -0.1) is 0 Å². The van der Waals surface area contributed by atoms with Gasteiger partial charge in [0.1, 0.15) is 22.9 Å². The molecule has 1 aromatic heterocycles. The average Bonchev–Trinajstić information content (AvgIpc) is 2.92. The van der Waals surface area contributed by atoms with Gasteiger partial charge in [-0.1, -0.05) is 24.3 Å². The SMILES string of the molecule is CCCn1c(=NC(=O)c2c(F)cccc2F)sc2cc(OCC)ccc21. The molecule has 0 fully saturated rings. The van der Waals surface area contributed by atoms with Crippen LogP contribution >= 0.6 is 11.3 Å². The highest BCUT2D eigenvalue weighted by molar-refractivity contribution is 7.16. The van der Waals surface area contributed by atoms with Gasteiger partial charge in [-0.2, -0.15) is 4.99 Å². The second-order valence-corrected chi connectivity index (χ2v) is 6.62. The third kappa shape index (κ3) is 3.53. The number of ether oxygens (including phenoxy) is 1. The Morgan fingerprint density at radius 1 is 1.19 bits per heavy atom. The number of carbonyl (C=O) groups excluding carboxylic acids is 1. The van der Waals surface area contributed by atoms with Crippen molar-refractivity contribution in [2.45, 2.75) is 26.8 Å². The molecule has 0 unspecified atom stereocenters. The maximum absolute atomic E-state index is 13.9. The zero-order chi connectivity index (χ0) is 18.7. The van der Waals surface area contributed by atoms with Crippen molar-refractivity contribution < 1.29 is 18.3 Å². The van der Waals surface area contributed by atoms with E-state index in [1.165, 1.54) is 17.4 Å². The van der Waals surface area contributed by atoms with Gasteiger partial charge in [-0.3, -0.25) is 4.79 Å².